The van der Waals surface area contributed by atoms with Crippen molar-refractivity contribution in [2.45, 2.75) is 24.8 Å². The van der Waals surface area contributed by atoms with E-state index in [-0.39, 0.29) is 0 Å². The highest BCUT2D eigenvalue weighted by molar-refractivity contribution is 4.74. The molecule has 0 aliphatic carbocycles. The first-order chi connectivity index (χ1) is 11.5. The first-order valence-corrected chi connectivity index (χ1v) is 8.28. The molecule has 0 aromatic heterocycles. The van der Waals surface area contributed by atoms with Gasteiger partial charge in [0.1, 0.15) is 0 Å². The first kappa shape index (κ1) is 21.7. The van der Waals surface area contributed by atoms with E-state index in [0.29, 0.717) is 12.8 Å². The molecule has 0 amide bonds. The fraction of sp³-hybridized carbons (Fsp3) is 1.00. The molecular formula is C16H34N2O6. The number of piperazine rings is 1. The molecule has 1 saturated heterocycles. The molecule has 0 atom stereocenters. The van der Waals surface area contributed by atoms with E-state index in [1.807, 2.05) is 0 Å². The Kier molecular flexibility index (Phi) is 9.61. The number of methoxy groups -OCH3 is 6. The van der Waals surface area contributed by atoms with Crippen LogP contribution in [-0.4, -0.2) is 104 Å². The van der Waals surface area contributed by atoms with Crippen LogP contribution >= 0.6 is 0 Å². The van der Waals surface area contributed by atoms with E-state index in [2.05, 4.69) is 9.80 Å². The predicted molar refractivity (Wildman–Crippen MR) is 89.6 cm³/mol. The second-order valence-electron chi connectivity index (χ2n) is 5.77. The Morgan fingerprint density at radius 2 is 0.792 bits per heavy atom. The molecule has 0 aromatic rings. The Morgan fingerprint density at radius 3 is 1.00 bits per heavy atom. The molecule has 1 heterocycles. The van der Waals surface area contributed by atoms with E-state index in [1.165, 1.54) is 0 Å². The number of rotatable bonds is 12. The molecule has 0 N–H and O–H groups in total. The van der Waals surface area contributed by atoms with E-state index >= 15 is 0 Å². The van der Waals surface area contributed by atoms with Gasteiger partial charge >= 0.3 is 0 Å². The Labute approximate surface area is 145 Å². The maximum absolute atomic E-state index is 5.34. The molecule has 0 aromatic carbocycles. The molecular weight excluding hydrogens is 316 g/mol. The van der Waals surface area contributed by atoms with Gasteiger partial charge in [0, 0.05) is 94.8 Å². The summed E-state index contributed by atoms with van der Waals surface area (Å²) < 4.78 is 32.0. The molecule has 0 radical (unpaired) electrons. The van der Waals surface area contributed by atoms with Crippen LogP contribution in [0.25, 0.3) is 0 Å². The van der Waals surface area contributed by atoms with Crippen LogP contribution in [0.5, 0.6) is 0 Å². The summed E-state index contributed by atoms with van der Waals surface area (Å²) in [5.74, 6) is -1.90. The largest absolute Gasteiger partial charge is 0.331 e. The summed E-state index contributed by atoms with van der Waals surface area (Å²) in [6, 6.07) is 0. The van der Waals surface area contributed by atoms with Gasteiger partial charge < -0.3 is 38.2 Å². The minimum absolute atomic E-state index is 0.663. The number of hydrogen-bond acceptors (Lipinski definition) is 8. The van der Waals surface area contributed by atoms with Crippen molar-refractivity contribution in [3.05, 3.63) is 0 Å². The third kappa shape index (κ3) is 5.89. The molecule has 1 aliphatic heterocycles. The van der Waals surface area contributed by atoms with Crippen LogP contribution in [0.2, 0.25) is 0 Å². The molecule has 0 unspecified atom stereocenters. The molecule has 1 rings (SSSR count). The third-order valence-corrected chi connectivity index (χ3v) is 4.80. The van der Waals surface area contributed by atoms with Crippen molar-refractivity contribution in [3.8, 4) is 0 Å². The van der Waals surface area contributed by atoms with Crippen LogP contribution in [0.1, 0.15) is 12.8 Å². The van der Waals surface area contributed by atoms with E-state index in [9.17, 15) is 0 Å². The lowest BCUT2D eigenvalue weighted by molar-refractivity contribution is -0.356. The smallest absolute Gasteiger partial charge is 0.283 e. The average molecular weight is 350 g/mol. The summed E-state index contributed by atoms with van der Waals surface area (Å²) in [5, 5.41) is 0. The quantitative estimate of drug-likeness (QED) is 0.474. The lowest BCUT2D eigenvalue weighted by atomic mass is 10.2. The van der Waals surface area contributed by atoms with Gasteiger partial charge in [-0.3, -0.25) is 0 Å². The van der Waals surface area contributed by atoms with Crippen molar-refractivity contribution in [1.29, 1.82) is 0 Å². The van der Waals surface area contributed by atoms with Crippen molar-refractivity contribution in [3.63, 3.8) is 0 Å². The minimum atomic E-state index is -0.952. The molecule has 8 nitrogen and oxygen atoms in total. The average Bonchev–Trinajstić information content (AvgIpc) is 2.66. The predicted octanol–water partition coefficient (Wildman–Crippen LogP) is 0.570. The van der Waals surface area contributed by atoms with Crippen LogP contribution < -0.4 is 0 Å². The SMILES string of the molecule is COC(CCN1CCN(CCC(OC)(OC)OC)CC1)(OC)OC. The van der Waals surface area contributed by atoms with Crippen molar-refractivity contribution < 1.29 is 28.4 Å². The van der Waals surface area contributed by atoms with Crippen molar-refractivity contribution in [2.24, 2.45) is 0 Å². The Balaban J connectivity index is 2.34. The summed E-state index contributed by atoms with van der Waals surface area (Å²) in [4.78, 5) is 4.77. The molecule has 0 spiro atoms. The fourth-order valence-corrected chi connectivity index (χ4v) is 2.94. The maximum Gasteiger partial charge on any atom is 0.283 e. The molecule has 24 heavy (non-hydrogen) atoms. The normalized spacial score (nSPS) is 18.2. The molecule has 1 fully saturated rings. The Hall–Kier alpha value is -0.320. The van der Waals surface area contributed by atoms with Crippen LogP contribution in [-0.2, 0) is 28.4 Å². The summed E-state index contributed by atoms with van der Waals surface area (Å²) in [7, 11) is 9.57. The minimum Gasteiger partial charge on any atom is -0.331 e. The van der Waals surface area contributed by atoms with Gasteiger partial charge in [-0.2, -0.15) is 0 Å². The van der Waals surface area contributed by atoms with Gasteiger partial charge in [-0.05, 0) is 0 Å². The van der Waals surface area contributed by atoms with E-state index in [0.717, 1.165) is 39.3 Å². The molecule has 0 bridgehead atoms. The number of hydrogen-bond donors (Lipinski definition) is 0. The summed E-state index contributed by atoms with van der Waals surface area (Å²) in [6.45, 7) is 5.70. The Morgan fingerprint density at radius 1 is 0.542 bits per heavy atom. The van der Waals surface area contributed by atoms with Crippen molar-refractivity contribution >= 4 is 0 Å². The van der Waals surface area contributed by atoms with Gasteiger partial charge in [0.2, 0.25) is 0 Å². The first-order valence-electron chi connectivity index (χ1n) is 8.28. The van der Waals surface area contributed by atoms with E-state index in [4.69, 9.17) is 28.4 Å². The molecule has 144 valence electrons. The van der Waals surface area contributed by atoms with E-state index < -0.39 is 11.9 Å². The topological polar surface area (TPSA) is 61.9 Å². The van der Waals surface area contributed by atoms with Crippen LogP contribution in [0.15, 0.2) is 0 Å². The van der Waals surface area contributed by atoms with Crippen molar-refractivity contribution in [1.82, 2.24) is 9.80 Å². The molecule has 1 aliphatic rings. The van der Waals surface area contributed by atoms with Crippen molar-refractivity contribution in [2.75, 3.05) is 81.9 Å². The summed E-state index contributed by atoms with van der Waals surface area (Å²) in [6.07, 6.45) is 1.33. The highest BCUT2D eigenvalue weighted by atomic mass is 16.9. The number of nitrogens with zero attached hydrogens (tertiary/aromatic N) is 2. The van der Waals surface area contributed by atoms with Gasteiger partial charge in [0.05, 0.1) is 0 Å². The monoisotopic (exact) mass is 350 g/mol. The van der Waals surface area contributed by atoms with Gasteiger partial charge in [-0.15, -0.1) is 0 Å². The van der Waals surface area contributed by atoms with E-state index in [1.54, 1.807) is 42.7 Å². The lowest BCUT2D eigenvalue weighted by Gasteiger charge is -2.38. The van der Waals surface area contributed by atoms with Gasteiger partial charge in [-0.25, -0.2) is 0 Å². The molecule has 0 saturated carbocycles. The second kappa shape index (κ2) is 10.6. The zero-order valence-electron chi connectivity index (χ0n) is 16.0. The maximum atomic E-state index is 5.34. The zero-order valence-corrected chi connectivity index (χ0v) is 16.0. The summed E-state index contributed by atoms with van der Waals surface area (Å²) in [5.41, 5.74) is 0. The fourth-order valence-electron chi connectivity index (χ4n) is 2.94. The summed E-state index contributed by atoms with van der Waals surface area (Å²) >= 11 is 0. The van der Waals surface area contributed by atoms with Gasteiger partial charge in [0.25, 0.3) is 11.9 Å². The second-order valence-corrected chi connectivity index (χ2v) is 5.77. The zero-order chi connectivity index (χ0) is 18.1. The van der Waals surface area contributed by atoms with Gasteiger partial charge in [0.15, 0.2) is 0 Å². The van der Waals surface area contributed by atoms with Crippen LogP contribution in [0, 0.1) is 0 Å². The molecule has 8 heteroatoms. The van der Waals surface area contributed by atoms with Crippen LogP contribution in [0.3, 0.4) is 0 Å². The highest BCUT2D eigenvalue weighted by Gasteiger charge is 2.32. The third-order valence-electron chi connectivity index (χ3n) is 4.80. The Bertz CT molecular complexity index is 280. The van der Waals surface area contributed by atoms with Gasteiger partial charge in [-0.1, -0.05) is 0 Å². The highest BCUT2D eigenvalue weighted by Crippen LogP contribution is 2.20. The van der Waals surface area contributed by atoms with Crippen LogP contribution in [0.4, 0.5) is 0 Å². The lowest BCUT2D eigenvalue weighted by Crippen LogP contribution is -2.50. The number of ether oxygens (including phenoxy) is 6. The standard InChI is InChI=1S/C16H34N2O6/c1-19-15(20-2,21-3)7-9-17-11-13-18(14-12-17)10-8-16(22-4,23-5)24-6/h7-14H2,1-6H3.